The molecule has 0 unspecified atom stereocenters. The maximum absolute atomic E-state index is 14.2. The van der Waals surface area contributed by atoms with E-state index in [-0.39, 0.29) is 5.82 Å². The van der Waals surface area contributed by atoms with Crippen molar-refractivity contribution in [2.45, 2.75) is 50.7 Å². The summed E-state index contributed by atoms with van der Waals surface area (Å²) in [7, 11) is 0. The van der Waals surface area contributed by atoms with Gasteiger partial charge >= 0.3 is 0 Å². The Morgan fingerprint density at radius 2 is 2.07 bits per heavy atom. The van der Waals surface area contributed by atoms with Crippen LogP contribution in [0.1, 0.15) is 29.2 Å². The van der Waals surface area contributed by atoms with E-state index in [1.54, 1.807) is 6.07 Å². The van der Waals surface area contributed by atoms with Gasteiger partial charge in [-0.25, -0.2) is 14.4 Å². The number of fused-ring (bicyclic) bond motifs is 2. The lowest BCUT2D eigenvalue weighted by molar-refractivity contribution is -0.0166. The number of rotatable bonds is 3. The Balaban J connectivity index is 1.46. The van der Waals surface area contributed by atoms with Crippen molar-refractivity contribution in [2.24, 2.45) is 0 Å². The van der Waals surface area contributed by atoms with E-state index in [0.717, 1.165) is 16.5 Å². The van der Waals surface area contributed by atoms with Crippen LogP contribution in [-0.2, 0) is 13.0 Å². The van der Waals surface area contributed by atoms with Gasteiger partial charge in [-0.3, -0.25) is 0 Å². The minimum atomic E-state index is -1.10. The first-order valence-corrected chi connectivity index (χ1v) is 10.3. The molecular formula is C21H22ClFN4O3. The maximum atomic E-state index is 14.2. The second-order valence-electron chi connectivity index (χ2n) is 7.95. The highest BCUT2D eigenvalue weighted by atomic mass is 35.5. The Morgan fingerprint density at radius 1 is 1.23 bits per heavy atom. The third kappa shape index (κ3) is 3.06. The minimum absolute atomic E-state index is 0.241. The first-order chi connectivity index (χ1) is 14.5. The SMILES string of the molecule is Cc1cn([C@@H]2C[C@H](Oc3ccc(F)c4c3CNCC4)[C@@H](O)[C@H]2O)c2ncnc(Cl)c12. The van der Waals surface area contributed by atoms with E-state index in [2.05, 4.69) is 15.3 Å². The molecule has 5 rings (SSSR count). The lowest BCUT2D eigenvalue weighted by atomic mass is 9.99. The van der Waals surface area contributed by atoms with Gasteiger partial charge in [0.05, 0.1) is 11.4 Å². The minimum Gasteiger partial charge on any atom is -0.487 e. The van der Waals surface area contributed by atoms with Crippen LogP contribution in [0.2, 0.25) is 5.15 Å². The number of halogens is 2. The van der Waals surface area contributed by atoms with E-state index in [1.165, 1.54) is 12.4 Å². The predicted octanol–water partition coefficient (Wildman–Crippen LogP) is 2.29. The molecule has 2 aromatic heterocycles. The zero-order valence-electron chi connectivity index (χ0n) is 16.3. The molecule has 0 amide bonds. The number of aromatic nitrogens is 3. The summed E-state index contributed by atoms with van der Waals surface area (Å²) >= 11 is 6.23. The quantitative estimate of drug-likeness (QED) is 0.550. The van der Waals surface area contributed by atoms with Crippen molar-refractivity contribution >= 4 is 22.6 Å². The van der Waals surface area contributed by atoms with Gasteiger partial charge in [0.25, 0.3) is 0 Å². The van der Waals surface area contributed by atoms with Gasteiger partial charge in [0, 0.05) is 24.7 Å². The first-order valence-electron chi connectivity index (χ1n) is 9.97. The van der Waals surface area contributed by atoms with Crippen molar-refractivity contribution in [1.29, 1.82) is 0 Å². The van der Waals surface area contributed by atoms with Crippen molar-refractivity contribution in [3.8, 4) is 5.75 Å². The highest BCUT2D eigenvalue weighted by Crippen LogP contribution is 2.38. The van der Waals surface area contributed by atoms with Gasteiger partial charge in [-0.05, 0) is 43.1 Å². The fourth-order valence-electron chi connectivity index (χ4n) is 4.65. The number of ether oxygens (including phenoxy) is 1. The molecule has 158 valence electrons. The van der Waals surface area contributed by atoms with E-state index < -0.39 is 24.4 Å². The van der Waals surface area contributed by atoms with E-state index in [9.17, 15) is 14.6 Å². The summed E-state index contributed by atoms with van der Waals surface area (Å²) in [5, 5.41) is 25.8. The molecule has 0 saturated heterocycles. The van der Waals surface area contributed by atoms with Crippen molar-refractivity contribution in [2.75, 3.05) is 6.54 Å². The Hall–Kier alpha value is -2.26. The third-order valence-electron chi connectivity index (χ3n) is 6.17. The lowest BCUT2D eigenvalue weighted by Crippen LogP contribution is -2.35. The molecule has 3 aromatic rings. The van der Waals surface area contributed by atoms with Crippen LogP contribution in [0.15, 0.2) is 24.7 Å². The molecule has 0 spiro atoms. The average Bonchev–Trinajstić information content (AvgIpc) is 3.22. The Labute approximate surface area is 177 Å². The van der Waals surface area contributed by atoms with Gasteiger partial charge in [-0.1, -0.05) is 11.6 Å². The Morgan fingerprint density at radius 3 is 2.90 bits per heavy atom. The molecule has 0 bridgehead atoms. The molecule has 3 heterocycles. The summed E-state index contributed by atoms with van der Waals surface area (Å²) in [6.45, 7) is 3.12. The van der Waals surface area contributed by atoms with E-state index in [4.69, 9.17) is 16.3 Å². The number of aryl methyl sites for hydroxylation is 1. The summed E-state index contributed by atoms with van der Waals surface area (Å²) in [6.07, 6.45) is 1.41. The lowest BCUT2D eigenvalue weighted by Gasteiger charge is -2.24. The van der Waals surface area contributed by atoms with Crippen LogP contribution < -0.4 is 10.1 Å². The van der Waals surface area contributed by atoms with Gasteiger partial charge in [-0.15, -0.1) is 0 Å². The molecule has 1 aliphatic carbocycles. The molecule has 1 fully saturated rings. The van der Waals surface area contributed by atoms with Crippen molar-refractivity contribution < 1.29 is 19.3 Å². The van der Waals surface area contributed by atoms with Crippen LogP contribution in [0.5, 0.6) is 5.75 Å². The number of hydrogen-bond acceptors (Lipinski definition) is 6. The molecule has 30 heavy (non-hydrogen) atoms. The predicted molar refractivity (Wildman–Crippen MR) is 109 cm³/mol. The van der Waals surface area contributed by atoms with Gasteiger partial charge in [0.15, 0.2) is 0 Å². The van der Waals surface area contributed by atoms with Gasteiger partial charge in [0.2, 0.25) is 0 Å². The van der Waals surface area contributed by atoms with E-state index >= 15 is 0 Å². The van der Waals surface area contributed by atoms with Crippen LogP contribution in [0.4, 0.5) is 4.39 Å². The highest BCUT2D eigenvalue weighted by Gasteiger charge is 2.45. The molecule has 1 aromatic carbocycles. The molecule has 4 atom stereocenters. The molecule has 0 radical (unpaired) electrons. The largest absolute Gasteiger partial charge is 0.487 e. The number of aliphatic hydroxyl groups excluding tert-OH is 2. The van der Waals surface area contributed by atoms with E-state index in [0.29, 0.717) is 48.0 Å². The zero-order valence-corrected chi connectivity index (χ0v) is 17.1. The number of nitrogens with one attached hydrogen (secondary N) is 1. The summed E-state index contributed by atoms with van der Waals surface area (Å²) in [4.78, 5) is 8.36. The second kappa shape index (κ2) is 7.46. The van der Waals surface area contributed by atoms with Crippen LogP contribution in [0.3, 0.4) is 0 Å². The molecule has 2 aliphatic rings. The normalized spacial score (nSPS) is 26.2. The van der Waals surface area contributed by atoms with E-state index in [1.807, 2.05) is 17.7 Å². The Kier molecular flexibility index (Phi) is 4.89. The molecule has 9 heteroatoms. The van der Waals surface area contributed by atoms with Crippen LogP contribution in [-0.4, -0.2) is 49.6 Å². The summed E-state index contributed by atoms with van der Waals surface area (Å²) < 4.78 is 22.1. The number of benzene rings is 1. The van der Waals surface area contributed by atoms with Crippen molar-refractivity contribution in [3.05, 3.63) is 52.3 Å². The monoisotopic (exact) mass is 432 g/mol. The maximum Gasteiger partial charge on any atom is 0.145 e. The van der Waals surface area contributed by atoms with Crippen molar-refractivity contribution in [3.63, 3.8) is 0 Å². The number of nitrogens with zero attached hydrogens (tertiary/aromatic N) is 3. The summed E-state index contributed by atoms with van der Waals surface area (Å²) in [6, 6.07) is 2.55. The van der Waals surface area contributed by atoms with Gasteiger partial charge in [-0.2, -0.15) is 0 Å². The fraction of sp³-hybridized carbons (Fsp3) is 0.429. The van der Waals surface area contributed by atoms with Gasteiger partial charge in [0.1, 0.15) is 47.0 Å². The average molecular weight is 433 g/mol. The molecule has 1 saturated carbocycles. The highest BCUT2D eigenvalue weighted by molar-refractivity contribution is 6.34. The molecule has 7 nitrogen and oxygen atoms in total. The number of aliphatic hydroxyl groups is 2. The van der Waals surface area contributed by atoms with Crippen molar-refractivity contribution in [1.82, 2.24) is 19.9 Å². The summed E-state index contributed by atoms with van der Waals surface area (Å²) in [5.74, 6) is 0.295. The zero-order chi connectivity index (χ0) is 21.0. The smallest absolute Gasteiger partial charge is 0.145 e. The molecule has 1 aliphatic heterocycles. The van der Waals surface area contributed by atoms with Crippen LogP contribution >= 0.6 is 11.6 Å². The first kappa shape index (κ1) is 19.7. The summed E-state index contributed by atoms with van der Waals surface area (Å²) in [5.41, 5.74) is 2.91. The second-order valence-corrected chi connectivity index (χ2v) is 8.31. The fourth-order valence-corrected chi connectivity index (χ4v) is 4.92. The van der Waals surface area contributed by atoms with Gasteiger partial charge < -0.3 is 24.8 Å². The van der Waals surface area contributed by atoms with Crippen LogP contribution in [0.25, 0.3) is 11.0 Å². The topological polar surface area (TPSA) is 92.4 Å². The molecular weight excluding hydrogens is 411 g/mol. The number of hydrogen-bond donors (Lipinski definition) is 3. The Bertz CT molecular complexity index is 1120. The standard InChI is InChI=1S/C21H22ClFN4O3/c1-10-8-27(21-17(10)20(22)25-9-26-21)14-6-16(19(29)18(14)28)30-15-3-2-13(23)11-4-5-24-7-12(11)15/h2-3,8-9,14,16,18-19,24,28-29H,4-7H2,1H3/t14-,16+,18+,19-/m1/s1. The molecule has 3 N–H and O–H groups in total. The third-order valence-corrected chi connectivity index (χ3v) is 6.46. The van der Waals surface area contributed by atoms with Crippen LogP contribution in [0, 0.1) is 12.7 Å².